The average Bonchev–Trinajstić information content (AvgIpc) is 2.41. The van der Waals surface area contributed by atoms with Crippen LogP contribution in [0.5, 0.6) is 0 Å². The van der Waals surface area contributed by atoms with Gasteiger partial charge >= 0.3 is 0 Å². The molecule has 0 bridgehead atoms. The Kier molecular flexibility index (Phi) is 4.45. The largest absolute Gasteiger partial charge is 0.326 e. The van der Waals surface area contributed by atoms with Crippen molar-refractivity contribution in [3.63, 3.8) is 0 Å². The zero-order valence-corrected chi connectivity index (χ0v) is 11.1. The van der Waals surface area contributed by atoms with Crippen molar-refractivity contribution in [3.05, 3.63) is 65.2 Å². The van der Waals surface area contributed by atoms with Gasteiger partial charge in [-0.15, -0.1) is 0 Å². The first kappa shape index (κ1) is 14.2. The number of benzene rings is 2. The van der Waals surface area contributed by atoms with Gasteiger partial charge < -0.3 is 5.32 Å². The van der Waals surface area contributed by atoms with E-state index in [4.69, 9.17) is 0 Å². The number of carbonyl (C=O) groups excluding carboxylic acids is 1. The second-order valence-electron chi connectivity index (χ2n) is 4.64. The number of rotatable bonds is 4. The van der Waals surface area contributed by atoms with E-state index in [2.05, 4.69) is 5.32 Å². The molecule has 0 saturated carbocycles. The van der Waals surface area contributed by atoms with Gasteiger partial charge in [0, 0.05) is 12.1 Å². The number of hydrogen-bond acceptors (Lipinski definition) is 1. The van der Waals surface area contributed by atoms with Gasteiger partial charge in [0.15, 0.2) is 0 Å². The maximum Gasteiger partial charge on any atom is 0.224 e. The van der Waals surface area contributed by atoms with Gasteiger partial charge in [-0.2, -0.15) is 0 Å². The van der Waals surface area contributed by atoms with Crippen molar-refractivity contribution in [3.8, 4) is 0 Å². The zero-order chi connectivity index (χ0) is 14.5. The van der Waals surface area contributed by atoms with Gasteiger partial charge in [0.05, 0.1) is 0 Å². The summed E-state index contributed by atoms with van der Waals surface area (Å²) in [6.07, 6.45) is 0.664. The van der Waals surface area contributed by atoms with Crippen LogP contribution >= 0.6 is 0 Å². The van der Waals surface area contributed by atoms with Gasteiger partial charge in [-0.3, -0.25) is 4.79 Å². The van der Waals surface area contributed by atoms with E-state index in [9.17, 15) is 13.6 Å². The van der Waals surface area contributed by atoms with Crippen LogP contribution in [0.25, 0.3) is 0 Å². The zero-order valence-electron chi connectivity index (χ0n) is 11.1. The van der Waals surface area contributed by atoms with Crippen molar-refractivity contribution in [2.24, 2.45) is 0 Å². The molecule has 0 saturated heterocycles. The van der Waals surface area contributed by atoms with E-state index in [-0.39, 0.29) is 24.0 Å². The summed E-state index contributed by atoms with van der Waals surface area (Å²) in [7, 11) is 0. The van der Waals surface area contributed by atoms with Gasteiger partial charge in [-0.25, -0.2) is 8.78 Å². The molecule has 0 heterocycles. The first-order chi connectivity index (χ1) is 9.54. The van der Waals surface area contributed by atoms with Crippen LogP contribution in [0, 0.1) is 18.6 Å². The second-order valence-corrected chi connectivity index (χ2v) is 4.64. The molecule has 1 N–H and O–H groups in total. The monoisotopic (exact) mass is 275 g/mol. The predicted molar refractivity (Wildman–Crippen MR) is 74.5 cm³/mol. The molecule has 0 aromatic heterocycles. The third kappa shape index (κ3) is 3.88. The molecule has 2 rings (SSSR count). The average molecular weight is 275 g/mol. The Balaban J connectivity index is 1.91. The topological polar surface area (TPSA) is 29.1 Å². The molecule has 0 radical (unpaired) electrons. The Bertz CT molecular complexity index is 626. The number of halogens is 2. The fourth-order valence-corrected chi connectivity index (χ4v) is 1.84. The molecule has 1 amide bonds. The molecule has 0 unspecified atom stereocenters. The first-order valence-electron chi connectivity index (χ1n) is 6.35. The summed E-state index contributed by atoms with van der Waals surface area (Å²) in [6.45, 7) is 1.66. The van der Waals surface area contributed by atoms with Gasteiger partial charge in [-0.05, 0) is 48.7 Å². The molecule has 20 heavy (non-hydrogen) atoms. The molecule has 2 aromatic carbocycles. The lowest BCUT2D eigenvalue weighted by Gasteiger charge is -2.06. The number of nitrogens with one attached hydrogen (secondary N) is 1. The number of carbonyl (C=O) groups is 1. The maximum absolute atomic E-state index is 13.3. The number of amides is 1. The lowest BCUT2D eigenvalue weighted by Crippen LogP contribution is -2.12. The lowest BCUT2D eigenvalue weighted by atomic mass is 10.1. The number of hydrogen-bond donors (Lipinski definition) is 1. The van der Waals surface area contributed by atoms with E-state index in [1.54, 1.807) is 31.2 Å². The summed E-state index contributed by atoms with van der Waals surface area (Å²) < 4.78 is 26.3. The molecule has 104 valence electrons. The molecular weight excluding hydrogens is 260 g/mol. The highest BCUT2D eigenvalue weighted by molar-refractivity contribution is 5.90. The fraction of sp³-hybridized carbons (Fsp3) is 0.188. The summed E-state index contributed by atoms with van der Waals surface area (Å²) >= 11 is 0. The van der Waals surface area contributed by atoms with Crippen molar-refractivity contribution < 1.29 is 13.6 Å². The summed E-state index contributed by atoms with van der Waals surface area (Å²) in [5, 5.41) is 2.62. The van der Waals surface area contributed by atoms with E-state index in [0.29, 0.717) is 17.7 Å². The highest BCUT2D eigenvalue weighted by atomic mass is 19.1. The summed E-state index contributed by atoms with van der Waals surface area (Å²) in [5.74, 6) is -0.894. The van der Waals surface area contributed by atoms with E-state index in [0.717, 1.165) is 5.56 Å². The van der Waals surface area contributed by atoms with E-state index < -0.39 is 0 Å². The van der Waals surface area contributed by atoms with E-state index in [1.165, 1.54) is 18.2 Å². The lowest BCUT2D eigenvalue weighted by molar-refractivity contribution is -0.116. The van der Waals surface area contributed by atoms with Crippen LogP contribution in [0.2, 0.25) is 0 Å². The van der Waals surface area contributed by atoms with Crippen LogP contribution in [0.4, 0.5) is 14.5 Å². The van der Waals surface area contributed by atoms with Crippen LogP contribution < -0.4 is 5.32 Å². The van der Waals surface area contributed by atoms with Crippen LogP contribution in [-0.2, 0) is 11.2 Å². The Morgan fingerprint density at radius 1 is 1.15 bits per heavy atom. The molecule has 0 aliphatic carbocycles. The molecule has 0 aliphatic rings. The number of aryl methyl sites for hydroxylation is 2. The molecule has 2 aromatic rings. The summed E-state index contributed by atoms with van der Waals surface area (Å²) in [5.41, 5.74) is 1.72. The first-order valence-corrected chi connectivity index (χ1v) is 6.35. The normalized spacial score (nSPS) is 10.3. The van der Waals surface area contributed by atoms with Crippen LogP contribution in [0.3, 0.4) is 0 Å². The number of anilines is 1. The fourth-order valence-electron chi connectivity index (χ4n) is 1.84. The van der Waals surface area contributed by atoms with Gasteiger partial charge in [0.25, 0.3) is 0 Å². The van der Waals surface area contributed by atoms with Crippen LogP contribution in [-0.4, -0.2) is 5.91 Å². The predicted octanol–water partition coefficient (Wildman–Crippen LogP) is 3.84. The van der Waals surface area contributed by atoms with Gasteiger partial charge in [0.2, 0.25) is 5.91 Å². The minimum Gasteiger partial charge on any atom is -0.326 e. The molecule has 0 aliphatic heterocycles. The summed E-state index contributed by atoms with van der Waals surface area (Å²) in [4.78, 5) is 11.7. The Morgan fingerprint density at radius 3 is 2.65 bits per heavy atom. The standard InChI is InChI=1S/C16H15F2NO/c1-11-5-7-14(10-15(11)18)19-16(20)8-6-12-3-2-4-13(17)9-12/h2-5,7,9-10H,6,8H2,1H3,(H,19,20). The molecule has 0 fully saturated rings. The van der Waals surface area contributed by atoms with Crippen molar-refractivity contribution in [1.82, 2.24) is 0 Å². The SMILES string of the molecule is Cc1ccc(NC(=O)CCc2cccc(F)c2)cc1F. The third-order valence-electron chi connectivity index (χ3n) is 2.99. The van der Waals surface area contributed by atoms with Crippen molar-refractivity contribution in [1.29, 1.82) is 0 Å². The highest BCUT2D eigenvalue weighted by Crippen LogP contribution is 2.14. The smallest absolute Gasteiger partial charge is 0.224 e. The Morgan fingerprint density at radius 2 is 1.95 bits per heavy atom. The molecule has 2 nitrogen and oxygen atoms in total. The maximum atomic E-state index is 13.3. The summed E-state index contributed by atoms with van der Waals surface area (Å²) in [6, 6.07) is 10.7. The molecular formula is C16H15F2NO. The van der Waals surface area contributed by atoms with E-state index >= 15 is 0 Å². The van der Waals surface area contributed by atoms with E-state index in [1.807, 2.05) is 0 Å². The van der Waals surface area contributed by atoms with Gasteiger partial charge in [-0.1, -0.05) is 18.2 Å². The quantitative estimate of drug-likeness (QED) is 0.902. The second kappa shape index (κ2) is 6.28. The van der Waals surface area contributed by atoms with Crippen LogP contribution in [0.15, 0.2) is 42.5 Å². The molecule has 4 heteroatoms. The van der Waals surface area contributed by atoms with Crippen molar-refractivity contribution >= 4 is 11.6 Å². The molecule has 0 atom stereocenters. The van der Waals surface area contributed by atoms with Crippen LogP contribution in [0.1, 0.15) is 17.5 Å². The highest BCUT2D eigenvalue weighted by Gasteiger charge is 2.05. The van der Waals surface area contributed by atoms with Crippen molar-refractivity contribution in [2.75, 3.05) is 5.32 Å². The Labute approximate surface area is 116 Å². The minimum absolute atomic E-state index is 0.221. The molecule has 0 spiro atoms. The van der Waals surface area contributed by atoms with Crippen molar-refractivity contribution in [2.45, 2.75) is 19.8 Å². The van der Waals surface area contributed by atoms with Gasteiger partial charge in [0.1, 0.15) is 11.6 Å². The Hall–Kier alpha value is -2.23. The third-order valence-corrected chi connectivity index (χ3v) is 2.99. The minimum atomic E-state index is -0.354.